The molecule has 0 saturated heterocycles. The number of H-pyrrole nitrogens is 1. The van der Waals surface area contributed by atoms with Crippen LogP contribution in [0.1, 0.15) is 6.42 Å². The van der Waals surface area contributed by atoms with Crippen LogP contribution < -0.4 is 4.90 Å². The van der Waals surface area contributed by atoms with Gasteiger partial charge in [0.05, 0.1) is 17.9 Å². The Bertz CT molecular complexity index is 643. The van der Waals surface area contributed by atoms with Crippen LogP contribution in [0.3, 0.4) is 0 Å². The second kappa shape index (κ2) is 5.05. The Morgan fingerprint density at radius 2 is 2.32 bits per heavy atom. The molecule has 0 aliphatic rings. The zero-order valence-corrected chi connectivity index (χ0v) is 10.7. The Labute approximate surface area is 110 Å². The molecule has 98 valence electrons. The summed E-state index contributed by atoms with van der Waals surface area (Å²) in [6.45, 7) is 1.86. The van der Waals surface area contributed by atoms with Crippen molar-refractivity contribution in [1.82, 2.24) is 29.7 Å². The highest BCUT2D eigenvalue weighted by Gasteiger charge is 2.09. The van der Waals surface area contributed by atoms with Crippen molar-refractivity contribution in [3.8, 4) is 0 Å². The molecule has 3 aromatic rings. The minimum absolute atomic E-state index is 0.770. The largest absolute Gasteiger partial charge is 0.359 e. The molecular formula is C12H15N7. The highest BCUT2D eigenvalue weighted by atomic mass is 15.2. The first kappa shape index (κ1) is 11.6. The number of aryl methyl sites for hydroxylation is 1. The maximum atomic E-state index is 4.33. The number of rotatable bonds is 5. The van der Waals surface area contributed by atoms with E-state index in [-0.39, 0.29) is 0 Å². The number of anilines is 1. The molecule has 7 heteroatoms. The SMILES string of the molecule is CN(CCCn1ccnc1)c1ncnc2[nH]ncc12. The Morgan fingerprint density at radius 1 is 1.37 bits per heavy atom. The molecule has 1 N–H and O–H groups in total. The number of nitrogens with zero attached hydrogens (tertiary/aromatic N) is 6. The lowest BCUT2D eigenvalue weighted by atomic mass is 10.3. The van der Waals surface area contributed by atoms with Crippen molar-refractivity contribution in [3.63, 3.8) is 0 Å². The highest BCUT2D eigenvalue weighted by Crippen LogP contribution is 2.19. The molecule has 0 aromatic carbocycles. The van der Waals surface area contributed by atoms with Crippen LogP contribution in [0.2, 0.25) is 0 Å². The summed E-state index contributed by atoms with van der Waals surface area (Å²) in [5, 5.41) is 7.80. The van der Waals surface area contributed by atoms with Crippen LogP contribution >= 0.6 is 0 Å². The molecule has 19 heavy (non-hydrogen) atoms. The van der Waals surface area contributed by atoms with Gasteiger partial charge in [0.25, 0.3) is 0 Å². The van der Waals surface area contributed by atoms with E-state index in [0.717, 1.165) is 36.4 Å². The molecule has 0 aliphatic carbocycles. The van der Waals surface area contributed by atoms with Gasteiger partial charge < -0.3 is 9.47 Å². The molecule has 0 saturated carbocycles. The number of nitrogens with one attached hydrogen (secondary N) is 1. The first-order valence-corrected chi connectivity index (χ1v) is 6.15. The molecule has 0 atom stereocenters. The molecule has 0 aliphatic heterocycles. The zero-order chi connectivity index (χ0) is 13.1. The molecule has 0 radical (unpaired) electrons. The van der Waals surface area contributed by atoms with Crippen LogP contribution in [0.15, 0.2) is 31.2 Å². The van der Waals surface area contributed by atoms with Crippen molar-refractivity contribution in [2.24, 2.45) is 0 Å². The lowest BCUT2D eigenvalue weighted by molar-refractivity contribution is 0.636. The Morgan fingerprint density at radius 3 is 3.16 bits per heavy atom. The van der Waals surface area contributed by atoms with Crippen molar-refractivity contribution >= 4 is 16.9 Å². The van der Waals surface area contributed by atoms with Crippen LogP contribution in [-0.2, 0) is 6.54 Å². The average Bonchev–Trinajstić information content (AvgIpc) is 3.08. The normalized spacial score (nSPS) is 11.0. The Hall–Kier alpha value is -2.44. The number of aromatic amines is 1. The van der Waals surface area contributed by atoms with Crippen LogP contribution in [-0.4, -0.2) is 43.3 Å². The fraction of sp³-hybridized carbons (Fsp3) is 0.333. The highest BCUT2D eigenvalue weighted by molar-refractivity contribution is 5.85. The van der Waals surface area contributed by atoms with Gasteiger partial charge in [0.1, 0.15) is 12.1 Å². The number of hydrogen-bond donors (Lipinski definition) is 1. The minimum atomic E-state index is 0.770. The van der Waals surface area contributed by atoms with Gasteiger partial charge in [-0.3, -0.25) is 5.10 Å². The van der Waals surface area contributed by atoms with Crippen LogP contribution in [0.25, 0.3) is 11.0 Å². The maximum Gasteiger partial charge on any atom is 0.160 e. The Balaban J connectivity index is 1.66. The number of hydrogen-bond acceptors (Lipinski definition) is 5. The van der Waals surface area contributed by atoms with E-state index in [4.69, 9.17) is 0 Å². The molecule has 7 nitrogen and oxygen atoms in total. The molecule has 3 aromatic heterocycles. The van der Waals surface area contributed by atoms with Crippen molar-refractivity contribution in [3.05, 3.63) is 31.2 Å². The van der Waals surface area contributed by atoms with Gasteiger partial charge in [-0.25, -0.2) is 15.0 Å². The van der Waals surface area contributed by atoms with Crippen molar-refractivity contribution in [2.75, 3.05) is 18.5 Å². The smallest absolute Gasteiger partial charge is 0.160 e. The van der Waals surface area contributed by atoms with E-state index in [9.17, 15) is 0 Å². The van der Waals surface area contributed by atoms with E-state index in [1.54, 1.807) is 18.7 Å². The summed E-state index contributed by atoms with van der Waals surface area (Å²) in [5.41, 5.74) is 0.770. The molecule has 3 rings (SSSR count). The summed E-state index contributed by atoms with van der Waals surface area (Å²) in [5.74, 6) is 0.907. The van der Waals surface area contributed by atoms with Crippen molar-refractivity contribution in [1.29, 1.82) is 0 Å². The topological polar surface area (TPSA) is 75.5 Å². The number of imidazole rings is 1. The minimum Gasteiger partial charge on any atom is -0.359 e. The van der Waals surface area contributed by atoms with Crippen molar-refractivity contribution in [2.45, 2.75) is 13.0 Å². The average molecular weight is 257 g/mol. The zero-order valence-electron chi connectivity index (χ0n) is 10.7. The first-order chi connectivity index (χ1) is 9.34. The van der Waals surface area contributed by atoms with Gasteiger partial charge >= 0.3 is 0 Å². The third-order valence-corrected chi connectivity index (χ3v) is 3.06. The fourth-order valence-electron chi connectivity index (χ4n) is 2.07. The van der Waals surface area contributed by atoms with Gasteiger partial charge in [0.2, 0.25) is 0 Å². The molecule has 3 heterocycles. The second-order valence-corrected chi connectivity index (χ2v) is 4.41. The predicted octanol–water partition coefficient (Wildman–Crippen LogP) is 1.08. The number of fused-ring (bicyclic) bond motifs is 1. The summed E-state index contributed by atoms with van der Waals surface area (Å²) in [4.78, 5) is 14.6. The van der Waals surface area contributed by atoms with E-state index in [1.165, 1.54) is 0 Å². The molecule has 0 unspecified atom stereocenters. The summed E-state index contributed by atoms with van der Waals surface area (Å²) < 4.78 is 2.07. The fourth-order valence-corrected chi connectivity index (χ4v) is 2.07. The van der Waals surface area contributed by atoms with Gasteiger partial charge in [-0.1, -0.05) is 0 Å². The lowest BCUT2D eigenvalue weighted by Crippen LogP contribution is -2.21. The van der Waals surface area contributed by atoms with Crippen LogP contribution in [0.4, 0.5) is 5.82 Å². The van der Waals surface area contributed by atoms with Crippen LogP contribution in [0, 0.1) is 0 Å². The first-order valence-electron chi connectivity index (χ1n) is 6.15. The van der Waals surface area contributed by atoms with E-state index in [0.29, 0.717) is 0 Å². The van der Waals surface area contributed by atoms with E-state index < -0.39 is 0 Å². The summed E-state index contributed by atoms with van der Waals surface area (Å²) in [6, 6.07) is 0. The quantitative estimate of drug-likeness (QED) is 0.740. The Kier molecular flexibility index (Phi) is 3.09. The molecular weight excluding hydrogens is 242 g/mol. The summed E-state index contributed by atoms with van der Waals surface area (Å²) in [7, 11) is 2.03. The van der Waals surface area contributed by atoms with Crippen molar-refractivity contribution < 1.29 is 0 Å². The molecule has 0 fully saturated rings. The van der Waals surface area contributed by atoms with Gasteiger partial charge in [0.15, 0.2) is 5.65 Å². The molecule has 0 bridgehead atoms. The van der Waals surface area contributed by atoms with E-state index in [1.807, 2.05) is 19.6 Å². The third kappa shape index (κ3) is 2.40. The van der Waals surface area contributed by atoms with Gasteiger partial charge in [0, 0.05) is 32.5 Å². The standard InChI is InChI=1S/C12H15N7/c1-18(4-2-5-19-6-3-13-9-19)12-10-7-16-17-11(10)14-8-15-12/h3,6-9H,2,4-5H2,1H3,(H,14,15,16,17). The number of aromatic nitrogens is 6. The molecule has 0 amide bonds. The monoisotopic (exact) mass is 257 g/mol. The summed E-state index contributed by atoms with van der Waals surface area (Å²) in [6.07, 6.45) is 9.94. The summed E-state index contributed by atoms with van der Waals surface area (Å²) >= 11 is 0. The maximum absolute atomic E-state index is 4.33. The van der Waals surface area contributed by atoms with Crippen LogP contribution in [0.5, 0.6) is 0 Å². The van der Waals surface area contributed by atoms with Gasteiger partial charge in [-0.05, 0) is 6.42 Å². The second-order valence-electron chi connectivity index (χ2n) is 4.41. The van der Waals surface area contributed by atoms with Gasteiger partial charge in [-0.15, -0.1) is 0 Å². The predicted molar refractivity (Wildman–Crippen MR) is 71.8 cm³/mol. The third-order valence-electron chi connectivity index (χ3n) is 3.06. The van der Waals surface area contributed by atoms with E-state index >= 15 is 0 Å². The lowest BCUT2D eigenvalue weighted by Gasteiger charge is -2.18. The van der Waals surface area contributed by atoms with E-state index in [2.05, 4.69) is 34.6 Å². The molecule has 0 spiro atoms. The van der Waals surface area contributed by atoms with Gasteiger partial charge in [-0.2, -0.15) is 5.10 Å².